The topological polar surface area (TPSA) is 77.3 Å². The van der Waals surface area contributed by atoms with E-state index >= 15 is 0 Å². The first-order valence-electron chi connectivity index (χ1n) is 8.51. The van der Waals surface area contributed by atoms with E-state index in [1.54, 1.807) is 0 Å². The number of anilines is 1. The maximum absolute atomic E-state index is 12.0. The van der Waals surface area contributed by atoms with Crippen LogP contribution in [-0.4, -0.2) is 28.8 Å². The van der Waals surface area contributed by atoms with Gasteiger partial charge >= 0.3 is 0 Å². The molecule has 2 aromatic rings. The van der Waals surface area contributed by atoms with Gasteiger partial charge < -0.3 is 14.6 Å². The number of hydrogen-bond donors (Lipinski definition) is 1. The van der Waals surface area contributed by atoms with E-state index in [2.05, 4.69) is 22.4 Å². The Morgan fingerprint density at radius 2 is 2.17 bits per heavy atom. The zero-order valence-electron chi connectivity index (χ0n) is 13.9. The highest BCUT2D eigenvalue weighted by Gasteiger charge is 2.23. The van der Waals surface area contributed by atoms with Crippen LogP contribution in [0.2, 0.25) is 0 Å². The molecule has 1 N–H and O–H groups in total. The fourth-order valence-corrected chi connectivity index (χ4v) is 2.99. The van der Waals surface area contributed by atoms with Crippen LogP contribution in [0.5, 0.6) is 0 Å². The smallest absolute Gasteiger partial charge is 0.232 e. The van der Waals surface area contributed by atoms with Crippen molar-refractivity contribution >= 4 is 11.6 Å². The molecule has 128 valence electrons. The van der Waals surface area contributed by atoms with E-state index in [-0.39, 0.29) is 12.3 Å². The highest BCUT2D eigenvalue weighted by Crippen LogP contribution is 2.25. The summed E-state index contributed by atoms with van der Waals surface area (Å²) >= 11 is 0. The normalized spacial score (nSPS) is 20.7. The Labute approximate surface area is 141 Å². The summed E-state index contributed by atoms with van der Waals surface area (Å²) in [5, 5.41) is 6.74. The third-order valence-corrected chi connectivity index (χ3v) is 4.28. The molecule has 1 aliphatic heterocycles. The summed E-state index contributed by atoms with van der Waals surface area (Å²) in [4.78, 5) is 16.4. The molecule has 1 aromatic heterocycles. The average molecular weight is 329 g/mol. The molecule has 0 aliphatic carbocycles. The van der Waals surface area contributed by atoms with Gasteiger partial charge in [0.25, 0.3) is 0 Å². The molecule has 6 heteroatoms. The van der Waals surface area contributed by atoms with Crippen molar-refractivity contribution in [1.29, 1.82) is 0 Å². The predicted molar refractivity (Wildman–Crippen MR) is 89.5 cm³/mol. The van der Waals surface area contributed by atoms with Gasteiger partial charge in [0.2, 0.25) is 11.8 Å². The minimum Gasteiger partial charge on any atom is -0.378 e. The van der Waals surface area contributed by atoms with E-state index in [1.165, 1.54) is 0 Å². The van der Waals surface area contributed by atoms with Crippen LogP contribution in [0.15, 0.2) is 34.9 Å². The Kier molecular flexibility index (Phi) is 5.59. The Morgan fingerprint density at radius 1 is 1.33 bits per heavy atom. The van der Waals surface area contributed by atoms with Gasteiger partial charge in [0, 0.05) is 18.7 Å². The van der Waals surface area contributed by atoms with Crippen LogP contribution in [0.3, 0.4) is 0 Å². The zero-order valence-corrected chi connectivity index (χ0v) is 13.9. The summed E-state index contributed by atoms with van der Waals surface area (Å²) in [6.07, 6.45) is 4.29. The molecule has 0 bridgehead atoms. The molecular weight excluding hydrogens is 306 g/mol. The van der Waals surface area contributed by atoms with Crippen LogP contribution in [0, 0.1) is 5.92 Å². The van der Waals surface area contributed by atoms with Gasteiger partial charge in [0.05, 0.1) is 12.5 Å². The molecule has 6 nitrogen and oxygen atoms in total. The van der Waals surface area contributed by atoms with E-state index in [0.29, 0.717) is 23.7 Å². The highest BCUT2D eigenvalue weighted by molar-refractivity contribution is 5.91. The van der Waals surface area contributed by atoms with Gasteiger partial charge in [-0.3, -0.25) is 4.79 Å². The van der Waals surface area contributed by atoms with Gasteiger partial charge in [-0.05, 0) is 37.3 Å². The monoisotopic (exact) mass is 329 g/mol. The summed E-state index contributed by atoms with van der Waals surface area (Å²) in [6, 6.07) is 9.34. The molecule has 0 spiro atoms. The Morgan fingerprint density at radius 3 is 2.96 bits per heavy atom. The second-order valence-corrected chi connectivity index (χ2v) is 6.19. The minimum absolute atomic E-state index is 0.115. The lowest BCUT2D eigenvalue weighted by Crippen LogP contribution is -2.26. The molecule has 2 heterocycles. The van der Waals surface area contributed by atoms with Crippen molar-refractivity contribution in [3.63, 3.8) is 0 Å². The Hall–Kier alpha value is -2.21. The second-order valence-electron chi connectivity index (χ2n) is 6.19. The van der Waals surface area contributed by atoms with Gasteiger partial charge in [-0.1, -0.05) is 30.3 Å². The van der Waals surface area contributed by atoms with Gasteiger partial charge in [0.15, 0.2) is 5.82 Å². The van der Waals surface area contributed by atoms with Crippen molar-refractivity contribution in [3.8, 4) is 0 Å². The number of carbonyl (C=O) groups excluding carboxylic acids is 1. The first kappa shape index (κ1) is 16.6. The summed E-state index contributed by atoms with van der Waals surface area (Å²) in [5.74, 6) is 1.40. The van der Waals surface area contributed by atoms with Crippen LogP contribution in [0.4, 0.5) is 5.69 Å². The number of carbonyl (C=O) groups is 1. The van der Waals surface area contributed by atoms with Crippen molar-refractivity contribution in [2.24, 2.45) is 5.92 Å². The molecule has 1 aromatic carbocycles. The number of nitrogens with one attached hydrogen (secondary N) is 1. The maximum Gasteiger partial charge on any atom is 0.232 e. The molecular formula is C18H23N3O3. The van der Waals surface area contributed by atoms with Crippen molar-refractivity contribution in [3.05, 3.63) is 42.0 Å². The lowest BCUT2D eigenvalue weighted by Gasteiger charge is -2.27. The van der Waals surface area contributed by atoms with Crippen molar-refractivity contribution < 1.29 is 14.1 Å². The molecule has 0 saturated carbocycles. The summed E-state index contributed by atoms with van der Waals surface area (Å²) in [7, 11) is 0. The van der Waals surface area contributed by atoms with Crippen LogP contribution >= 0.6 is 0 Å². The van der Waals surface area contributed by atoms with Gasteiger partial charge in [0.1, 0.15) is 0 Å². The quantitative estimate of drug-likeness (QED) is 0.881. The second kappa shape index (κ2) is 8.06. The van der Waals surface area contributed by atoms with Gasteiger partial charge in [-0.2, -0.15) is 4.98 Å². The number of hydrogen-bond acceptors (Lipinski definition) is 5. The number of amides is 1. The van der Waals surface area contributed by atoms with E-state index in [0.717, 1.165) is 38.0 Å². The van der Waals surface area contributed by atoms with Crippen molar-refractivity contribution in [2.75, 3.05) is 11.9 Å². The van der Waals surface area contributed by atoms with E-state index in [9.17, 15) is 4.79 Å². The molecule has 0 unspecified atom stereocenters. The summed E-state index contributed by atoms with van der Waals surface area (Å²) < 4.78 is 11.0. The van der Waals surface area contributed by atoms with Crippen LogP contribution in [0.25, 0.3) is 0 Å². The Balaban J connectivity index is 1.51. The molecule has 1 amide bonds. The molecule has 1 fully saturated rings. The molecule has 1 aliphatic rings. The zero-order chi connectivity index (χ0) is 16.8. The lowest BCUT2D eigenvalue weighted by atomic mass is 9.91. The lowest BCUT2D eigenvalue weighted by molar-refractivity contribution is -0.115. The maximum atomic E-state index is 12.0. The standard InChI is InChI=1S/C18H23N3O3/c1-2-15-10-13(8-9-23-15)11-18-20-16(21-24-18)12-17(22)19-14-6-4-3-5-7-14/h3-7,13,15H,2,8-12H2,1H3,(H,19,22)/t13-,15+/m1/s1. The Bertz CT molecular complexity index is 657. The molecule has 1 saturated heterocycles. The first-order valence-corrected chi connectivity index (χ1v) is 8.51. The van der Waals surface area contributed by atoms with Crippen LogP contribution in [0.1, 0.15) is 37.9 Å². The third kappa shape index (κ3) is 4.64. The SMILES string of the molecule is CC[C@H]1C[C@H](Cc2nc(CC(=O)Nc3ccccc3)no2)CCO1. The van der Waals surface area contributed by atoms with E-state index < -0.39 is 0 Å². The fourth-order valence-electron chi connectivity index (χ4n) is 2.99. The number of para-hydroxylation sites is 1. The van der Waals surface area contributed by atoms with Crippen LogP contribution in [-0.2, 0) is 22.4 Å². The fraction of sp³-hybridized carbons (Fsp3) is 0.500. The average Bonchev–Trinajstić information content (AvgIpc) is 3.02. The largest absolute Gasteiger partial charge is 0.378 e. The predicted octanol–water partition coefficient (Wildman–Crippen LogP) is 3.00. The molecule has 3 rings (SSSR count). The summed E-state index contributed by atoms with van der Waals surface area (Å²) in [5.41, 5.74) is 0.763. The van der Waals surface area contributed by atoms with E-state index in [1.807, 2.05) is 30.3 Å². The number of ether oxygens (including phenoxy) is 1. The highest BCUT2D eigenvalue weighted by atomic mass is 16.5. The number of rotatable bonds is 6. The van der Waals surface area contributed by atoms with E-state index in [4.69, 9.17) is 9.26 Å². The number of benzene rings is 1. The van der Waals surface area contributed by atoms with Gasteiger partial charge in [-0.15, -0.1) is 0 Å². The number of aromatic nitrogens is 2. The van der Waals surface area contributed by atoms with Crippen LogP contribution < -0.4 is 5.32 Å². The third-order valence-electron chi connectivity index (χ3n) is 4.28. The number of nitrogens with zero attached hydrogens (tertiary/aromatic N) is 2. The molecule has 24 heavy (non-hydrogen) atoms. The molecule has 2 atom stereocenters. The minimum atomic E-state index is -0.148. The first-order chi connectivity index (χ1) is 11.7. The summed E-state index contributed by atoms with van der Waals surface area (Å²) in [6.45, 7) is 2.94. The van der Waals surface area contributed by atoms with Crippen molar-refractivity contribution in [2.45, 2.75) is 45.1 Å². The molecule has 0 radical (unpaired) electrons. The van der Waals surface area contributed by atoms with Crippen molar-refractivity contribution in [1.82, 2.24) is 10.1 Å². The van der Waals surface area contributed by atoms with Gasteiger partial charge in [-0.25, -0.2) is 0 Å².